The van der Waals surface area contributed by atoms with Crippen molar-refractivity contribution in [2.24, 2.45) is 0 Å². The topological polar surface area (TPSA) is 134 Å². The number of nitrogens with zero attached hydrogens (tertiary/aromatic N) is 1. The van der Waals surface area contributed by atoms with E-state index in [0.29, 0.717) is 11.3 Å². The van der Waals surface area contributed by atoms with Crippen LogP contribution >= 0.6 is 0 Å². The van der Waals surface area contributed by atoms with Gasteiger partial charge in [-0.25, -0.2) is 4.79 Å². The Morgan fingerprint density at radius 3 is 2.19 bits per heavy atom. The van der Waals surface area contributed by atoms with Crippen LogP contribution in [0.25, 0.3) is 0 Å². The molecule has 0 spiro atoms. The Labute approximate surface area is 209 Å². The molecule has 1 heterocycles. The number of imide groups is 1. The third kappa shape index (κ3) is 6.68. The van der Waals surface area contributed by atoms with Crippen molar-refractivity contribution in [3.8, 4) is 0 Å². The molecule has 1 atom stereocenters. The lowest BCUT2D eigenvalue weighted by Crippen LogP contribution is -2.47. The van der Waals surface area contributed by atoms with Crippen LogP contribution < -0.4 is 16.0 Å². The Bertz CT molecular complexity index is 1150. The summed E-state index contributed by atoms with van der Waals surface area (Å²) in [7, 11) is 0. The van der Waals surface area contributed by atoms with Gasteiger partial charge in [-0.3, -0.25) is 24.1 Å². The van der Waals surface area contributed by atoms with Crippen molar-refractivity contribution in [2.75, 3.05) is 11.9 Å². The predicted octanol–water partition coefficient (Wildman–Crippen LogP) is 2.84. The fraction of sp³-hybridized carbons (Fsp3) is 0.346. The fourth-order valence-corrected chi connectivity index (χ4v) is 3.59. The van der Waals surface area contributed by atoms with Gasteiger partial charge in [0, 0.05) is 25.2 Å². The average molecular weight is 495 g/mol. The van der Waals surface area contributed by atoms with Crippen molar-refractivity contribution in [2.45, 2.75) is 52.3 Å². The number of carbonyl (C=O) groups excluding carboxylic acids is 5. The van der Waals surface area contributed by atoms with Gasteiger partial charge in [0.1, 0.15) is 11.6 Å². The summed E-state index contributed by atoms with van der Waals surface area (Å²) in [4.78, 5) is 62.7. The zero-order valence-electron chi connectivity index (χ0n) is 20.7. The standard InChI is InChI=1S/C26H30N4O6/c1-16(30-23(33)19-10-5-6-11-20(19)24(30)34)22(32)28-15-17-8-7-9-18(14-17)29-21(31)12-13-27-25(35)36-26(2,3)4/h5-11,14,16H,12-13,15H2,1-4H3,(H,27,35)(H,28,32)(H,29,31). The SMILES string of the molecule is CC(C(=O)NCc1cccc(NC(=O)CCNC(=O)OC(C)(C)C)c1)N1C(=O)c2ccccc2C1=O. The number of anilines is 1. The van der Waals surface area contributed by atoms with Crippen LogP contribution in [0.5, 0.6) is 0 Å². The molecule has 0 fully saturated rings. The highest BCUT2D eigenvalue weighted by atomic mass is 16.6. The number of amides is 5. The monoisotopic (exact) mass is 494 g/mol. The lowest BCUT2D eigenvalue weighted by Gasteiger charge is -2.21. The van der Waals surface area contributed by atoms with E-state index in [-0.39, 0.29) is 36.5 Å². The van der Waals surface area contributed by atoms with Gasteiger partial charge >= 0.3 is 6.09 Å². The highest BCUT2D eigenvalue weighted by molar-refractivity contribution is 6.22. The normalized spacial score (nSPS) is 13.6. The third-order valence-corrected chi connectivity index (χ3v) is 5.29. The number of carbonyl (C=O) groups is 5. The van der Waals surface area contributed by atoms with Crippen molar-refractivity contribution in [3.05, 3.63) is 65.2 Å². The van der Waals surface area contributed by atoms with Crippen LogP contribution in [0, 0.1) is 0 Å². The Morgan fingerprint density at radius 2 is 1.58 bits per heavy atom. The average Bonchev–Trinajstić information content (AvgIpc) is 3.06. The van der Waals surface area contributed by atoms with Crippen LogP contribution in [0.4, 0.5) is 10.5 Å². The van der Waals surface area contributed by atoms with E-state index in [0.717, 1.165) is 4.90 Å². The van der Waals surface area contributed by atoms with Crippen molar-refractivity contribution in [3.63, 3.8) is 0 Å². The van der Waals surface area contributed by atoms with Crippen LogP contribution in [0.2, 0.25) is 0 Å². The van der Waals surface area contributed by atoms with E-state index >= 15 is 0 Å². The molecule has 3 rings (SSSR count). The van der Waals surface area contributed by atoms with Crippen LogP contribution in [0.15, 0.2) is 48.5 Å². The Kier molecular flexibility index (Phi) is 8.08. The number of hydrogen-bond donors (Lipinski definition) is 3. The largest absolute Gasteiger partial charge is 0.444 e. The lowest BCUT2D eigenvalue weighted by atomic mass is 10.1. The van der Waals surface area contributed by atoms with E-state index in [1.807, 2.05) is 0 Å². The lowest BCUT2D eigenvalue weighted by molar-refractivity contribution is -0.124. The van der Waals surface area contributed by atoms with Crippen molar-refractivity contribution >= 4 is 35.4 Å². The number of alkyl carbamates (subject to hydrolysis) is 1. The summed E-state index contributed by atoms with van der Waals surface area (Å²) in [6.07, 6.45) is -0.540. The first-order chi connectivity index (χ1) is 17.0. The number of ether oxygens (including phenoxy) is 1. The quantitative estimate of drug-likeness (QED) is 0.483. The van der Waals surface area contributed by atoms with E-state index < -0.39 is 35.5 Å². The molecule has 0 aliphatic carbocycles. The van der Waals surface area contributed by atoms with Gasteiger partial charge < -0.3 is 20.7 Å². The van der Waals surface area contributed by atoms with Crippen molar-refractivity contribution < 1.29 is 28.7 Å². The fourth-order valence-electron chi connectivity index (χ4n) is 3.59. The minimum Gasteiger partial charge on any atom is -0.444 e. The van der Waals surface area contributed by atoms with E-state index in [1.54, 1.807) is 69.3 Å². The molecule has 0 saturated heterocycles. The van der Waals surface area contributed by atoms with E-state index in [9.17, 15) is 24.0 Å². The molecule has 1 aliphatic rings. The number of fused-ring (bicyclic) bond motifs is 1. The zero-order valence-corrected chi connectivity index (χ0v) is 20.7. The first kappa shape index (κ1) is 26.4. The van der Waals surface area contributed by atoms with E-state index in [2.05, 4.69) is 16.0 Å². The van der Waals surface area contributed by atoms with E-state index in [1.165, 1.54) is 6.92 Å². The van der Waals surface area contributed by atoms with Gasteiger partial charge in [0.15, 0.2) is 0 Å². The molecule has 36 heavy (non-hydrogen) atoms. The van der Waals surface area contributed by atoms with Crippen LogP contribution in [0.1, 0.15) is 60.4 Å². The molecule has 1 aliphatic heterocycles. The summed E-state index contributed by atoms with van der Waals surface area (Å²) in [5.74, 6) is -1.77. The first-order valence-electron chi connectivity index (χ1n) is 11.6. The zero-order chi connectivity index (χ0) is 26.5. The van der Waals surface area contributed by atoms with Gasteiger partial charge in [-0.2, -0.15) is 0 Å². The molecule has 0 radical (unpaired) electrons. The molecule has 0 saturated carbocycles. The minimum absolute atomic E-state index is 0.0536. The Hall–Kier alpha value is -4.21. The summed E-state index contributed by atoms with van der Waals surface area (Å²) < 4.78 is 5.12. The Balaban J connectivity index is 1.49. The van der Waals surface area contributed by atoms with Crippen molar-refractivity contribution in [1.82, 2.24) is 15.5 Å². The Morgan fingerprint density at radius 1 is 0.944 bits per heavy atom. The summed E-state index contributed by atoms with van der Waals surface area (Å²) in [6.45, 7) is 7.00. The maximum absolute atomic E-state index is 12.7. The molecule has 10 nitrogen and oxygen atoms in total. The van der Waals surface area contributed by atoms with E-state index in [4.69, 9.17) is 4.74 Å². The highest BCUT2D eigenvalue weighted by Gasteiger charge is 2.40. The van der Waals surface area contributed by atoms with Crippen LogP contribution in [0.3, 0.4) is 0 Å². The number of hydrogen-bond acceptors (Lipinski definition) is 6. The summed E-state index contributed by atoms with van der Waals surface area (Å²) in [6, 6.07) is 12.4. The second kappa shape index (κ2) is 11.0. The molecule has 190 valence electrons. The van der Waals surface area contributed by atoms with Gasteiger partial charge in [0.25, 0.3) is 11.8 Å². The highest BCUT2D eigenvalue weighted by Crippen LogP contribution is 2.24. The smallest absolute Gasteiger partial charge is 0.407 e. The van der Waals surface area contributed by atoms with Gasteiger partial charge in [0.2, 0.25) is 11.8 Å². The summed E-state index contributed by atoms with van der Waals surface area (Å²) in [5.41, 5.74) is 1.18. The molecular weight excluding hydrogens is 464 g/mol. The number of nitrogens with one attached hydrogen (secondary N) is 3. The first-order valence-corrected chi connectivity index (χ1v) is 11.6. The second-order valence-corrected chi connectivity index (χ2v) is 9.35. The molecule has 0 aromatic heterocycles. The molecule has 2 aromatic rings. The molecule has 10 heteroatoms. The maximum atomic E-state index is 12.7. The summed E-state index contributed by atoms with van der Waals surface area (Å²) >= 11 is 0. The predicted molar refractivity (Wildman–Crippen MR) is 132 cm³/mol. The molecule has 5 amide bonds. The third-order valence-electron chi connectivity index (χ3n) is 5.29. The number of benzene rings is 2. The minimum atomic E-state index is -0.988. The molecule has 1 unspecified atom stereocenters. The van der Waals surface area contributed by atoms with Crippen LogP contribution in [-0.4, -0.2) is 52.8 Å². The molecular formula is C26H30N4O6. The molecule has 0 bridgehead atoms. The van der Waals surface area contributed by atoms with Gasteiger partial charge in [-0.15, -0.1) is 0 Å². The van der Waals surface area contributed by atoms with Gasteiger partial charge in [-0.1, -0.05) is 24.3 Å². The second-order valence-electron chi connectivity index (χ2n) is 9.35. The molecule has 2 aromatic carbocycles. The maximum Gasteiger partial charge on any atom is 0.407 e. The van der Waals surface area contributed by atoms with Crippen LogP contribution in [-0.2, 0) is 20.9 Å². The van der Waals surface area contributed by atoms with Gasteiger partial charge in [0.05, 0.1) is 11.1 Å². The van der Waals surface area contributed by atoms with Crippen molar-refractivity contribution in [1.29, 1.82) is 0 Å². The van der Waals surface area contributed by atoms with Gasteiger partial charge in [-0.05, 0) is 57.5 Å². The molecule has 3 N–H and O–H groups in total. The number of rotatable bonds is 8. The summed E-state index contributed by atoms with van der Waals surface area (Å²) in [5, 5.41) is 7.99.